The van der Waals surface area contributed by atoms with Crippen LogP contribution in [-0.4, -0.2) is 47.9 Å². The van der Waals surface area contributed by atoms with E-state index in [9.17, 15) is 24.0 Å². The molecule has 0 aliphatic heterocycles. The number of nitrogens with zero attached hydrogens (tertiary/aromatic N) is 2. The van der Waals surface area contributed by atoms with Crippen molar-refractivity contribution in [2.45, 2.75) is 25.3 Å². The molecule has 2 aromatic rings. The summed E-state index contributed by atoms with van der Waals surface area (Å²) in [7, 11) is 4.08. The number of thiophene rings is 1. The lowest BCUT2D eigenvalue weighted by Gasteiger charge is -2.16. The number of halogens is 2. The average Bonchev–Trinajstić information content (AvgIpc) is 3.03. The third-order valence-corrected chi connectivity index (χ3v) is 6.79. The van der Waals surface area contributed by atoms with Crippen molar-refractivity contribution in [2.24, 2.45) is 0 Å². The summed E-state index contributed by atoms with van der Waals surface area (Å²) in [4.78, 5) is 15.0. The number of aryl methyl sites for hydroxylation is 1. The molecule has 1 heterocycles. The van der Waals surface area contributed by atoms with Crippen LogP contribution in [0.1, 0.15) is 27.0 Å². The summed E-state index contributed by atoms with van der Waals surface area (Å²) in [5.74, 6) is 0.0565. The largest absolute Gasteiger partial charge is 0.386 e. The van der Waals surface area contributed by atoms with Crippen LogP contribution in [-0.2, 0) is 12.3 Å². The zero-order valence-corrected chi connectivity index (χ0v) is 19.9. The van der Waals surface area contributed by atoms with Crippen LogP contribution in [0, 0.1) is 28.7 Å². The zero-order chi connectivity index (χ0) is 23.7. The van der Waals surface area contributed by atoms with Gasteiger partial charge >= 0.3 is 0 Å². The van der Waals surface area contributed by atoms with Gasteiger partial charge in [0.05, 0.1) is 11.0 Å². The van der Waals surface area contributed by atoms with Crippen molar-refractivity contribution in [3.63, 3.8) is 0 Å². The molecular formula is C21H28F2N4O3S2. The molecule has 3 N–H and O–H groups in total. The monoisotopic (exact) mass is 486 g/mol. The van der Waals surface area contributed by atoms with E-state index in [2.05, 4.69) is 28.5 Å². The van der Waals surface area contributed by atoms with Crippen LogP contribution in [0.3, 0.4) is 0 Å². The van der Waals surface area contributed by atoms with Crippen molar-refractivity contribution in [3.05, 3.63) is 78.9 Å². The predicted molar refractivity (Wildman–Crippen MR) is 125 cm³/mol. The van der Waals surface area contributed by atoms with Gasteiger partial charge in [-0.15, -0.1) is 11.3 Å². The summed E-state index contributed by atoms with van der Waals surface area (Å²) < 4.78 is 26.8. The first-order valence-corrected chi connectivity index (χ1v) is 11.9. The molecule has 1 aromatic heterocycles. The van der Waals surface area contributed by atoms with Gasteiger partial charge in [-0.2, -0.15) is 11.8 Å². The molecule has 7 nitrogen and oxygen atoms in total. The number of nitrogens with one attached hydrogen (secondary N) is 2. The lowest BCUT2D eigenvalue weighted by Crippen LogP contribution is -2.32. The molecule has 0 aliphatic rings. The van der Waals surface area contributed by atoms with E-state index in [-0.39, 0.29) is 17.9 Å². The Bertz CT molecular complexity index is 938. The number of benzene rings is 1. The van der Waals surface area contributed by atoms with E-state index in [1.807, 2.05) is 14.1 Å². The van der Waals surface area contributed by atoms with Gasteiger partial charge in [0, 0.05) is 52.5 Å². The molecule has 1 aromatic carbocycles. The Balaban J connectivity index is 1.80. The van der Waals surface area contributed by atoms with E-state index in [0.29, 0.717) is 18.4 Å². The fourth-order valence-electron chi connectivity index (χ4n) is 2.88. The normalized spacial score (nSPS) is 12.8. The summed E-state index contributed by atoms with van der Waals surface area (Å²) in [6.45, 7) is 3.31. The van der Waals surface area contributed by atoms with Gasteiger partial charge in [0.25, 0.3) is 6.20 Å². The highest BCUT2D eigenvalue weighted by atomic mass is 32.2. The van der Waals surface area contributed by atoms with Crippen LogP contribution in [0.25, 0.3) is 0 Å². The third kappa shape index (κ3) is 8.73. The lowest BCUT2D eigenvalue weighted by molar-refractivity contribution is -0.404. The van der Waals surface area contributed by atoms with Gasteiger partial charge in [-0.05, 0) is 38.7 Å². The summed E-state index contributed by atoms with van der Waals surface area (Å²) in [6, 6.07) is 5.07. The van der Waals surface area contributed by atoms with Gasteiger partial charge in [0.15, 0.2) is 5.82 Å². The van der Waals surface area contributed by atoms with Crippen molar-refractivity contribution in [1.82, 2.24) is 15.5 Å². The Labute approximate surface area is 194 Å². The molecule has 0 fully saturated rings. The second kappa shape index (κ2) is 12.7. The quantitative estimate of drug-likeness (QED) is 0.226. The highest BCUT2D eigenvalue weighted by molar-refractivity contribution is 7.98. The molecular weight excluding hydrogens is 458 g/mol. The summed E-state index contributed by atoms with van der Waals surface area (Å²) >= 11 is 3.50. The van der Waals surface area contributed by atoms with Crippen molar-refractivity contribution in [3.8, 4) is 0 Å². The molecule has 0 saturated heterocycles. The fraction of sp³-hybridized carbons (Fsp3) is 0.429. The maximum absolute atomic E-state index is 13.8. The molecule has 0 amide bonds. The van der Waals surface area contributed by atoms with E-state index in [0.717, 1.165) is 30.6 Å². The van der Waals surface area contributed by atoms with Crippen LogP contribution >= 0.6 is 23.1 Å². The van der Waals surface area contributed by atoms with Crippen LogP contribution in [0.4, 0.5) is 8.78 Å². The molecule has 1 unspecified atom stereocenters. The minimum Gasteiger partial charge on any atom is -0.386 e. The van der Waals surface area contributed by atoms with Crippen LogP contribution < -0.4 is 10.6 Å². The molecule has 2 rings (SSSR count). The smallest absolute Gasteiger partial charge is 0.274 e. The summed E-state index contributed by atoms with van der Waals surface area (Å²) in [6.07, 6.45) is -0.533. The topological polar surface area (TPSA) is 90.7 Å². The molecule has 1 atom stereocenters. The van der Waals surface area contributed by atoms with Crippen molar-refractivity contribution in [2.75, 3.05) is 32.9 Å². The van der Waals surface area contributed by atoms with Crippen LogP contribution in [0.5, 0.6) is 0 Å². The molecule has 0 aliphatic carbocycles. The third-order valence-electron chi connectivity index (χ3n) is 4.38. The Hall–Kier alpha value is -2.21. The van der Waals surface area contributed by atoms with Crippen LogP contribution in [0.15, 0.2) is 36.3 Å². The molecule has 11 heteroatoms. The number of aliphatic hydroxyl groups is 1. The maximum Gasteiger partial charge on any atom is 0.274 e. The van der Waals surface area contributed by atoms with Crippen molar-refractivity contribution >= 4 is 23.1 Å². The van der Waals surface area contributed by atoms with Crippen molar-refractivity contribution in [1.29, 1.82) is 0 Å². The molecule has 176 valence electrons. The summed E-state index contributed by atoms with van der Waals surface area (Å²) in [5.41, 5.74) is 1.20. The van der Waals surface area contributed by atoms with Crippen molar-refractivity contribution < 1.29 is 18.8 Å². The van der Waals surface area contributed by atoms with E-state index in [4.69, 9.17) is 0 Å². The number of aliphatic hydroxyl groups excluding tert-OH is 1. The second-order valence-electron chi connectivity index (χ2n) is 7.43. The highest BCUT2D eigenvalue weighted by Gasteiger charge is 2.15. The first-order chi connectivity index (χ1) is 15.2. The standard InChI is InChI=1S/C21H28F2N4O3S2/c1-14-8-16(32-20(14)11-26(2)3)13-31-7-6-24-21(12-27(29)30)25-10-19(28)17-5-4-15(22)9-18(17)23/h4-5,8-9,12,19,24-25,28H,6-7,10-11,13H2,1-3H3/b21-12-. The maximum atomic E-state index is 13.8. The van der Waals surface area contributed by atoms with Crippen LogP contribution in [0.2, 0.25) is 0 Å². The first kappa shape index (κ1) is 26.0. The minimum atomic E-state index is -1.29. The van der Waals surface area contributed by atoms with Gasteiger partial charge in [-0.25, -0.2) is 8.78 Å². The minimum absolute atomic E-state index is 0.0882. The average molecular weight is 487 g/mol. The Morgan fingerprint density at radius 2 is 2.09 bits per heavy atom. The molecule has 0 spiro atoms. The first-order valence-electron chi connectivity index (χ1n) is 9.92. The molecule has 0 bridgehead atoms. The predicted octanol–water partition coefficient (Wildman–Crippen LogP) is 3.62. The lowest BCUT2D eigenvalue weighted by atomic mass is 10.1. The Kier molecular flexibility index (Phi) is 10.4. The van der Waals surface area contributed by atoms with Gasteiger partial charge in [0.1, 0.15) is 11.6 Å². The van der Waals surface area contributed by atoms with E-state index in [1.165, 1.54) is 15.3 Å². The SMILES string of the molecule is Cc1cc(CSCCN/C(=C/[N+](=O)[O-])NCC(O)c2ccc(F)cc2F)sc1CN(C)C. The number of nitro groups is 1. The second-order valence-corrected chi connectivity index (χ2v) is 9.75. The van der Waals surface area contributed by atoms with E-state index < -0.39 is 22.7 Å². The number of hydrogen-bond donors (Lipinski definition) is 3. The number of thioether (sulfide) groups is 1. The summed E-state index contributed by atoms with van der Waals surface area (Å²) in [5, 5.41) is 26.7. The van der Waals surface area contributed by atoms with Gasteiger partial charge in [0.2, 0.25) is 0 Å². The van der Waals surface area contributed by atoms with E-state index in [1.54, 1.807) is 23.1 Å². The van der Waals surface area contributed by atoms with Gasteiger partial charge in [-0.3, -0.25) is 10.1 Å². The zero-order valence-electron chi connectivity index (χ0n) is 18.2. The fourth-order valence-corrected chi connectivity index (χ4v) is 5.14. The Morgan fingerprint density at radius 1 is 1.34 bits per heavy atom. The van der Waals surface area contributed by atoms with Gasteiger partial charge in [-0.1, -0.05) is 6.07 Å². The molecule has 32 heavy (non-hydrogen) atoms. The number of rotatable bonds is 13. The molecule has 0 saturated carbocycles. The Morgan fingerprint density at radius 3 is 2.75 bits per heavy atom. The highest BCUT2D eigenvalue weighted by Crippen LogP contribution is 2.26. The van der Waals surface area contributed by atoms with E-state index >= 15 is 0 Å². The molecule has 0 radical (unpaired) electrons. The number of hydrogen-bond acceptors (Lipinski definition) is 8. The van der Waals surface area contributed by atoms with Gasteiger partial charge < -0.3 is 20.6 Å².